The average Bonchev–Trinajstić information content (AvgIpc) is 3.34. The first kappa shape index (κ1) is 17.9. The number of alkyl halides is 3. The number of nitrogens with zero attached hydrogens (tertiary/aromatic N) is 2. The molecule has 3 aromatic rings. The molecule has 1 atom stereocenters. The van der Waals surface area contributed by atoms with Crippen molar-refractivity contribution >= 4 is 0 Å². The molecule has 1 N–H and O–H groups in total. The average molecular weight is 391 g/mol. The van der Waals surface area contributed by atoms with Gasteiger partial charge in [0.15, 0.2) is 0 Å². The topological polar surface area (TPSA) is 78.6 Å². The first-order valence-electron chi connectivity index (χ1n) is 7.99. The van der Waals surface area contributed by atoms with Gasteiger partial charge in [-0.3, -0.25) is 4.84 Å². The van der Waals surface area contributed by atoms with Crippen molar-refractivity contribution in [1.29, 1.82) is 0 Å². The third-order valence-electron chi connectivity index (χ3n) is 3.65. The van der Waals surface area contributed by atoms with Crippen LogP contribution in [-0.2, 0) is 4.84 Å². The molecular formula is C18H12F3N3O4. The summed E-state index contributed by atoms with van der Waals surface area (Å²) in [5.41, 5.74) is 3.80. The Morgan fingerprint density at radius 3 is 2.43 bits per heavy atom. The predicted molar refractivity (Wildman–Crippen MR) is 88.5 cm³/mol. The third kappa shape index (κ3) is 4.23. The number of pyridine rings is 1. The van der Waals surface area contributed by atoms with Crippen LogP contribution < -0.4 is 15.0 Å². The zero-order valence-corrected chi connectivity index (χ0v) is 14.0. The minimum atomic E-state index is -4.73. The summed E-state index contributed by atoms with van der Waals surface area (Å²) in [7, 11) is 0. The molecule has 7 nitrogen and oxygen atoms in total. The molecule has 3 heterocycles. The zero-order chi connectivity index (χ0) is 19.6. The minimum Gasteiger partial charge on any atom is -0.443 e. The SMILES string of the molecule is FC(F)(F)Oc1ccc(C2C=C(Oc3ccc(-c4ncco4)nc3)NO2)cc1. The number of aromatic nitrogens is 2. The first-order valence-corrected chi connectivity index (χ1v) is 7.99. The number of hydrogen-bond acceptors (Lipinski definition) is 7. The summed E-state index contributed by atoms with van der Waals surface area (Å²) >= 11 is 0. The van der Waals surface area contributed by atoms with Gasteiger partial charge < -0.3 is 13.9 Å². The maximum atomic E-state index is 12.2. The van der Waals surface area contributed by atoms with Crippen LogP contribution in [0.5, 0.6) is 11.5 Å². The molecule has 0 bridgehead atoms. The predicted octanol–water partition coefficient (Wildman–Crippen LogP) is 4.13. The summed E-state index contributed by atoms with van der Waals surface area (Å²) in [6, 6.07) is 8.74. The number of nitrogens with one attached hydrogen (secondary N) is 1. The van der Waals surface area contributed by atoms with E-state index in [1.54, 1.807) is 18.2 Å². The van der Waals surface area contributed by atoms with Crippen LogP contribution in [0.15, 0.2) is 71.4 Å². The maximum Gasteiger partial charge on any atom is 0.573 e. The lowest BCUT2D eigenvalue weighted by Gasteiger charge is -2.11. The van der Waals surface area contributed by atoms with Gasteiger partial charge in [-0.25, -0.2) is 15.4 Å². The van der Waals surface area contributed by atoms with Crippen LogP contribution in [0.3, 0.4) is 0 Å². The molecule has 0 aliphatic carbocycles. The molecule has 4 rings (SSSR count). The van der Waals surface area contributed by atoms with E-state index in [1.807, 2.05) is 0 Å². The van der Waals surface area contributed by atoms with Gasteiger partial charge in [0.25, 0.3) is 0 Å². The van der Waals surface area contributed by atoms with E-state index in [1.165, 1.54) is 42.9 Å². The fourth-order valence-corrected chi connectivity index (χ4v) is 2.45. The Labute approximate surface area is 156 Å². The third-order valence-corrected chi connectivity index (χ3v) is 3.65. The number of oxazole rings is 1. The highest BCUT2D eigenvalue weighted by molar-refractivity contribution is 5.47. The lowest BCUT2D eigenvalue weighted by Crippen LogP contribution is -2.17. The molecular weight excluding hydrogens is 379 g/mol. The Kier molecular flexibility index (Phi) is 4.62. The lowest BCUT2D eigenvalue weighted by atomic mass is 10.1. The molecule has 144 valence electrons. The van der Waals surface area contributed by atoms with Crippen LogP contribution in [0.1, 0.15) is 11.7 Å². The zero-order valence-electron chi connectivity index (χ0n) is 14.0. The van der Waals surface area contributed by atoms with E-state index in [-0.39, 0.29) is 5.75 Å². The minimum absolute atomic E-state index is 0.306. The van der Waals surface area contributed by atoms with Crippen LogP contribution in [0, 0.1) is 0 Å². The van der Waals surface area contributed by atoms with E-state index >= 15 is 0 Å². The maximum absolute atomic E-state index is 12.2. The summed E-state index contributed by atoms with van der Waals surface area (Å²) in [5.74, 6) is 0.865. The van der Waals surface area contributed by atoms with Gasteiger partial charge in [0.2, 0.25) is 11.8 Å². The molecule has 28 heavy (non-hydrogen) atoms. The molecule has 0 saturated heterocycles. The van der Waals surface area contributed by atoms with E-state index < -0.39 is 12.5 Å². The molecule has 1 aromatic carbocycles. The summed E-state index contributed by atoms with van der Waals surface area (Å²) < 4.78 is 51.3. The molecule has 2 aromatic heterocycles. The number of ether oxygens (including phenoxy) is 2. The van der Waals surface area contributed by atoms with Crippen LogP contribution in [0.4, 0.5) is 13.2 Å². The van der Waals surface area contributed by atoms with Crippen molar-refractivity contribution in [2.24, 2.45) is 0 Å². The van der Waals surface area contributed by atoms with Gasteiger partial charge in [0.05, 0.1) is 12.4 Å². The number of benzene rings is 1. The molecule has 0 amide bonds. The van der Waals surface area contributed by atoms with Crippen molar-refractivity contribution in [3.8, 4) is 23.1 Å². The monoisotopic (exact) mass is 391 g/mol. The van der Waals surface area contributed by atoms with Crippen LogP contribution >= 0.6 is 0 Å². The van der Waals surface area contributed by atoms with Crippen molar-refractivity contribution in [3.63, 3.8) is 0 Å². The van der Waals surface area contributed by atoms with E-state index in [2.05, 4.69) is 20.2 Å². The van der Waals surface area contributed by atoms with Gasteiger partial charge in [-0.1, -0.05) is 12.1 Å². The second-order valence-electron chi connectivity index (χ2n) is 5.61. The molecule has 10 heteroatoms. The number of rotatable bonds is 5. The fourth-order valence-electron chi connectivity index (χ4n) is 2.45. The highest BCUT2D eigenvalue weighted by Gasteiger charge is 2.31. The first-order chi connectivity index (χ1) is 13.5. The van der Waals surface area contributed by atoms with Gasteiger partial charge in [-0.05, 0) is 29.8 Å². The standard InChI is InChI=1S/C18H12F3N3O4/c19-18(20,21)27-12-3-1-11(2-4-12)15-9-16(24-28-15)26-13-5-6-14(23-10-13)17-22-7-8-25-17/h1-10,15,24H. The summed E-state index contributed by atoms with van der Waals surface area (Å²) in [6.07, 6.45) is 0.849. The Balaban J connectivity index is 1.40. The van der Waals surface area contributed by atoms with E-state index in [0.717, 1.165) is 0 Å². The van der Waals surface area contributed by atoms with Crippen LogP contribution in [0.25, 0.3) is 11.6 Å². The molecule has 0 spiro atoms. The number of hydroxylamine groups is 1. The molecule has 1 aliphatic heterocycles. The molecule has 0 fully saturated rings. The fraction of sp³-hybridized carbons (Fsp3) is 0.111. The van der Waals surface area contributed by atoms with Gasteiger partial charge >= 0.3 is 6.36 Å². The quantitative estimate of drug-likeness (QED) is 0.701. The summed E-state index contributed by atoms with van der Waals surface area (Å²) in [6.45, 7) is 0. The van der Waals surface area contributed by atoms with Gasteiger partial charge in [-0.2, -0.15) is 0 Å². The van der Waals surface area contributed by atoms with E-state index in [9.17, 15) is 13.2 Å². The molecule has 1 aliphatic rings. The highest BCUT2D eigenvalue weighted by Crippen LogP contribution is 2.29. The second-order valence-corrected chi connectivity index (χ2v) is 5.61. The van der Waals surface area contributed by atoms with Crippen molar-refractivity contribution < 1.29 is 31.9 Å². The van der Waals surface area contributed by atoms with Gasteiger partial charge in [-0.15, -0.1) is 13.2 Å². The van der Waals surface area contributed by atoms with Gasteiger partial charge in [0.1, 0.15) is 29.6 Å². The van der Waals surface area contributed by atoms with Crippen molar-refractivity contribution in [2.75, 3.05) is 0 Å². The number of halogens is 3. The lowest BCUT2D eigenvalue weighted by molar-refractivity contribution is -0.274. The Bertz CT molecular complexity index is 955. The van der Waals surface area contributed by atoms with Crippen molar-refractivity contribution in [2.45, 2.75) is 12.5 Å². The summed E-state index contributed by atoms with van der Waals surface area (Å²) in [5, 5.41) is 0. The highest BCUT2D eigenvalue weighted by atomic mass is 19.4. The Hall–Kier alpha value is -3.53. The van der Waals surface area contributed by atoms with Crippen molar-refractivity contribution in [3.05, 3.63) is 72.6 Å². The Morgan fingerprint density at radius 2 is 1.79 bits per heavy atom. The second kappa shape index (κ2) is 7.24. The molecule has 0 radical (unpaired) electrons. The van der Waals surface area contributed by atoms with Gasteiger partial charge in [0, 0.05) is 6.08 Å². The molecule has 1 unspecified atom stereocenters. The molecule has 0 saturated carbocycles. The van der Waals surface area contributed by atoms with E-state index in [4.69, 9.17) is 14.0 Å². The van der Waals surface area contributed by atoms with Crippen LogP contribution in [-0.4, -0.2) is 16.3 Å². The summed E-state index contributed by atoms with van der Waals surface area (Å²) in [4.78, 5) is 13.6. The van der Waals surface area contributed by atoms with Crippen LogP contribution in [0.2, 0.25) is 0 Å². The largest absolute Gasteiger partial charge is 0.573 e. The smallest absolute Gasteiger partial charge is 0.443 e. The van der Waals surface area contributed by atoms with E-state index in [0.29, 0.717) is 28.8 Å². The normalized spacial score (nSPS) is 16.4. The number of hydrogen-bond donors (Lipinski definition) is 1. The van der Waals surface area contributed by atoms with Crippen molar-refractivity contribution in [1.82, 2.24) is 15.4 Å². The Morgan fingerprint density at radius 1 is 1.00 bits per heavy atom.